The summed E-state index contributed by atoms with van der Waals surface area (Å²) in [6.07, 6.45) is 2.21. The molecule has 1 saturated heterocycles. The number of rotatable bonds is 8. The van der Waals surface area contributed by atoms with E-state index in [4.69, 9.17) is 32.7 Å². The maximum Gasteiger partial charge on any atom is 0.335 e. The van der Waals surface area contributed by atoms with Crippen molar-refractivity contribution in [2.24, 2.45) is 0 Å². The van der Waals surface area contributed by atoms with E-state index in [0.717, 1.165) is 16.9 Å². The molecule has 0 atom stereocenters. The highest BCUT2D eigenvalue weighted by molar-refractivity contribution is 6.39. The Morgan fingerprint density at radius 2 is 1.58 bits per heavy atom. The fourth-order valence-corrected chi connectivity index (χ4v) is 3.77. The summed E-state index contributed by atoms with van der Waals surface area (Å²) in [5.41, 5.74) is 1.35. The molecule has 3 aromatic rings. The zero-order valence-electron chi connectivity index (χ0n) is 19.3. The maximum atomic E-state index is 13.3. The maximum absolute atomic E-state index is 13.3. The fourth-order valence-electron chi connectivity index (χ4n) is 3.46. The third-order valence-corrected chi connectivity index (χ3v) is 5.74. The first-order chi connectivity index (χ1) is 17.4. The third kappa shape index (κ3) is 5.87. The smallest absolute Gasteiger partial charge is 0.335 e. The molecular formula is C27H22Cl2N2O5. The number of imide groups is 2. The first kappa shape index (κ1) is 25.3. The predicted molar refractivity (Wildman–Crippen MR) is 138 cm³/mol. The van der Waals surface area contributed by atoms with E-state index in [9.17, 15) is 14.4 Å². The second kappa shape index (κ2) is 11.3. The highest BCUT2D eigenvalue weighted by Gasteiger charge is 2.37. The van der Waals surface area contributed by atoms with Crippen LogP contribution < -0.4 is 19.7 Å². The van der Waals surface area contributed by atoms with Crippen molar-refractivity contribution in [1.82, 2.24) is 5.32 Å². The Labute approximate surface area is 218 Å². The molecule has 0 aliphatic carbocycles. The number of nitrogens with one attached hydrogen (secondary N) is 1. The van der Waals surface area contributed by atoms with E-state index in [1.165, 1.54) is 6.08 Å². The molecule has 184 valence electrons. The van der Waals surface area contributed by atoms with Gasteiger partial charge in [-0.25, -0.2) is 9.69 Å². The Kier molecular flexibility index (Phi) is 7.93. The lowest BCUT2D eigenvalue weighted by atomic mass is 10.1. The number of hydrogen-bond acceptors (Lipinski definition) is 5. The number of benzene rings is 3. The van der Waals surface area contributed by atoms with E-state index in [1.54, 1.807) is 54.6 Å². The van der Waals surface area contributed by atoms with Crippen LogP contribution >= 0.6 is 23.2 Å². The van der Waals surface area contributed by atoms with Gasteiger partial charge in [-0.1, -0.05) is 42.3 Å². The largest absolute Gasteiger partial charge is 0.494 e. The Bertz CT molecular complexity index is 1320. The minimum Gasteiger partial charge on any atom is -0.494 e. The standard InChI is InChI=1S/C27H22Cl2N2O5/c1-2-13-35-22-10-8-21(9-11-22)31-26(33)23(25(32)30-27(31)34)15-18-14-20(29)7-12-24(18)36-16-17-3-5-19(28)6-4-17/h3-12,14-15H,2,13,16H2,1H3,(H,30,32,34)/b23-15-. The van der Waals surface area contributed by atoms with Gasteiger partial charge in [0.05, 0.1) is 12.3 Å². The van der Waals surface area contributed by atoms with Gasteiger partial charge in [-0.2, -0.15) is 0 Å². The van der Waals surface area contributed by atoms with Crippen molar-refractivity contribution in [3.05, 3.63) is 93.5 Å². The molecule has 36 heavy (non-hydrogen) atoms. The van der Waals surface area contributed by atoms with Gasteiger partial charge in [0, 0.05) is 15.6 Å². The van der Waals surface area contributed by atoms with Crippen LogP contribution in [-0.2, 0) is 16.2 Å². The van der Waals surface area contributed by atoms with Gasteiger partial charge >= 0.3 is 6.03 Å². The van der Waals surface area contributed by atoms with E-state index in [1.807, 2.05) is 19.1 Å². The number of urea groups is 1. The molecule has 9 heteroatoms. The van der Waals surface area contributed by atoms with Gasteiger partial charge in [-0.05, 0) is 72.7 Å². The zero-order chi connectivity index (χ0) is 25.7. The molecule has 1 aliphatic heterocycles. The molecule has 3 aromatic carbocycles. The van der Waals surface area contributed by atoms with Crippen molar-refractivity contribution < 1.29 is 23.9 Å². The average Bonchev–Trinajstić information content (AvgIpc) is 2.86. The summed E-state index contributed by atoms with van der Waals surface area (Å²) in [5, 5.41) is 3.22. The molecule has 0 aromatic heterocycles. The molecule has 0 radical (unpaired) electrons. The van der Waals surface area contributed by atoms with Crippen LogP contribution in [0.4, 0.5) is 10.5 Å². The van der Waals surface area contributed by atoms with Crippen LogP contribution in [0.25, 0.3) is 6.08 Å². The van der Waals surface area contributed by atoms with E-state index >= 15 is 0 Å². The van der Waals surface area contributed by atoms with Gasteiger partial charge in [0.1, 0.15) is 23.7 Å². The number of ether oxygens (including phenoxy) is 2. The average molecular weight is 525 g/mol. The van der Waals surface area contributed by atoms with Crippen molar-refractivity contribution in [2.45, 2.75) is 20.0 Å². The van der Waals surface area contributed by atoms with E-state index in [0.29, 0.717) is 39.4 Å². The van der Waals surface area contributed by atoms with Crippen LogP contribution in [0.3, 0.4) is 0 Å². The lowest BCUT2D eigenvalue weighted by Gasteiger charge is -2.26. The van der Waals surface area contributed by atoms with Crippen LogP contribution in [-0.4, -0.2) is 24.5 Å². The number of nitrogens with zero attached hydrogens (tertiary/aromatic N) is 1. The molecule has 4 rings (SSSR count). The molecular weight excluding hydrogens is 503 g/mol. The molecule has 7 nitrogen and oxygen atoms in total. The number of carbonyl (C=O) groups is 3. The Morgan fingerprint density at radius 1 is 0.889 bits per heavy atom. The van der Waals surface area contributed by atoms with Gasteiger partial charge in [-0.15, -0.1) is 0 Å². The molecule has 1 fully saturated rings. The topological polar surface area (TPSA) is 84.9 Å². The van der Waals surface area contributed by atoms with Crippen LogP contribution in [0.2, 0.25) is 10.0 Å². The van der Waals surface area contributed by atoms with Crippen LogP contribution in [0.5, 0.6) is 11.5 Å². The van der Waals surface area contributed by atoms with Crippen molar-refractivity contribution in [3.8, 4) is 11.5 Å². The van der Waals surface area contributed by atoms with Crippen LogP contribution in [0.15, 0.2) is 72.3 Å². The molecule has 1 aliphatic rings. The van der Waals surface area contributed by atoms with Gasteiger partial charge in [-0.3, -0.25) is 14.9 Å². The van der Waals surface area contributed by atoms with Gasteiger partial charge in [0.15, 0.2) is 0 Å². The number of carbonyl (C=O) groups excluding carboxylic acids is 3. The molecule has 0 unspecified atom stereocenters. The van der Waals surface area contributed by atoms with Crippen molar-refractivity contribution in [3.63, 3.8) is 0 Å². The minimum atomic E-state index is -0.838. The SMILES string of the molecule is CCCOc1ccc(N2C(=O)NC(=O)/C(=C/c3cc(Cl)ccc3OCc3ccc(Cl)cc3)C2=O)cc1. The summed E-state index contributed by atoms with van der Waals surface area (Å²) in [6, 6.07) is 17.7. The summed E-state index contributed by atoms with van der Waals surface area (Å²) < 4.78 is 11.5. The fraction of sp³-hybridized carbons (Fsp3) is 0.148. The quantitative estimate of drug-likeness (QED) is 0.287. The van der Waals surface area contributed by atoms with Crippen molar-refractivity contribution >= 4 is 52.8 Å². The number of hydrogen-bond donors (Lipinski definition) is 1. The second-order valence-corrected chi connectivity index (χ2v) is 8.77. The zero-order valence-corrected chi connectivity index (χ0v) is 20.8. The van der Waals surface area contributed by atoms with Crippen LogP contribution in [0.1, 0.15) is 24.5 Å². The molecule has 0 saturated carbocycles. The predicted octanol–water partition coefficient (Wildman–Crippen LogP) is 6.03. The lowest BCUT2D eigenvalue weighted by molar-refractivity contribution is -0.122. The highest BCUT2D eigenvalue weighted by Crippen LogP contribution is 2.29. The number of barbiturate groups is 1. The normalized spacial score (nSPS) is 14.7. The van der Waals surface area contributed by atoms with Crippen LogP contribution in [0, 0.1) is 0 Å². The molecule has 1 heterocycles. The minimum absolute atomic E-state index is 0.228. The second-order valence-electron chi connectivity index (χ2n) is 7.90. The summed E-state index contributed by atoms with van der Waals surface area (Å²) in [5.74, 6) is -0.565. The van der Waals surface area contributed by atoms with E-state index in [-0.39, 0.29) is 12.2 Å². The summed E-state index contributed by atoms with van der Waals surface area (Å²) in [7, 11) is 0. The Morgan fingerprint density at radius 3 is 2.28 bits per heavy atom. The van der Waals surface area contributed by atoms with Gasteiger partial charge in [0.2, 0.25) is 0 Å². The van der Waals surface area contributed by atoms with Gasteiger partial charge in [0.25, 0.3) is 11.8 Å². The monoisotopic (exact) mass is 524 g/mol. The summed E-state index contributed by atoms with van der Waals surface area (Å²) in [4.78, 5) is 39.3. The Hall–Kier alpha value is -3.81. The Balaban J connectivity index is 1.61. The highest BCUT2D eigenvalue weighted by atomic mass is 35.5. The molecule has 4 amide bonds. The first-order valence-corrected chi connectivity index (χ1v) is 11.9. The first-order valence-electron chi connectivity index (χ1n) is 11.2. The molecule has 1 N–H and O–H groups in total. The lowest BCUT2D eigenvalue weighted by Crippen LogP contribution is -2.54. The molecule has 0 bridgehead atoms. The van der Waals surface area contributed by atoms with E-state index in [2.05, 4.69) is 5.32 Å². The number of halogens is 2. The number of anilines is 1. The van der Waals surface area contributed by atoms with Crippen molar-refractivity contribution in [1.29, 1.82) is 0 Å². The molecule has 0 spiro atoms. The van der Waals surface area contributed by atoms with E-state index < -0.39 is 17.8 Å². The number of amides is 4. The van der Waals surface area contributed by atoms with Crippen molar-refractivity contribution in [2.75, 3.05) is 11.5 Å². The van der Waals surface area contributed by atoms with Gasteiger partial charge < -0.3 is 9.47 Å². The summed E-state index contributed by atoms with van der Waals surface area (Å²) in [6.45, 7) is 2.77. The summed E-state index contributed by atoms with van der Waals surface area (Å²) >= 11 is 12.1. The third-order valence-electron chi connectivity index (χ3n) is 5.25.